The van der Waals surface area contributed by atoms with Crippen molar-refractivity contribution in [3.63, 3.8) is 0 Å². The Kier molecular flexibility index (Phi) is 4.60. The minimum absolute atomic E-state index is 0.107. The molecule has 1 fully saturated rings. The predicted molar refractivity (Wildman–Crippen MR) is 106 cm³/mol. The lowest BCUT2D eigenvalue weighted by Gasteiger charge is -2.36. The average molecular weight is 432 g/mol. The average Bonchev–Trinajstić information content (AvgIpc) is 3.26. The third-order valence-corrected chi connectivity index (χ3v) is 6.30. The molecule has 0 amide bonds. The number of carbonyl (C=O) groups is 1. The fourth-order valence-corrected chi connectivity index (χ4v) is 4.45. The molecule has 2 N–H and O–H groups in total. The third-order valence-electron chi connectivity index (χ3n) is 6.30. The molecule has 1 saturated heterocycles. The van der Waals surface area contributed by atoms with Crippen LogP contribution in [-0.2, 0) is 27.4 Å². The summed E-state index contributed by atoms with van der Waals surface area (Å²) in [7, 11) is 1.76. The van der Waals surface area contributed by atoms with Crippen LogP contribution in [0.5, 0.6) is 5.75 Å². The lowest BCUT2D eigenvalue weighted by atomic mass is 9.91. The number of aromatic nitrogens is 2. The number of rotatable bonds is 6. The summed E-state index contributed by atoms with van der Waals surface area (Å²) in [6, 6.07) is 5.44. The molecule has 0 spiro atoms. The quantitative estimate of drug-likeness (QED) is 0.661. The number of aliphatic hydroxyl groups excluding tert-OH is 1. The molecule has 2 aliphatic heterocycles. The monoisotopic (exact) mass is 432 g/mol. The zero-order valence-corrected chi connectivity index (χ0v) is 16.9. The van der Waals surface area contributed by atoms with Crippen LogP contribution in [0.2, 0.25) is 0 Å². The van der Waals surface area contributed by atoms with Crippen molar-refractivity contribution in [2.75, 3.05) is 38.3 Å². The molecule has 1 unspecified atom stereocenters. The number of halogens is 2. The minimum Gasteiger partial charge on any atom is -0.491 e. The number of hydrogen-bond acceptors (Lipinski definition) is 8. The van der Waals surface area contributed by atoms with Crippen LogP contribution in [0.3, 0.4) is 0 Å². The van der Waals surface area contributed by atoms with Crippen molar-refractivity contribution in [2.45, 2.75) is 30.4 Å². The molecule has 164 valence electrons. The number of ether oxygens (including phenoxy) is 2. The highest BCUT2D eigenvalue weighted by atomic mass is 19.3. The first kappa shape index (κ1) is 20.1. The lowest BCUT2D eigenvalue weighted by molar-refractivity contribution is -0.131. The van der Waals surface area contributed by atoms with Gasteiger partial charge in [0.15, 0.2) is 0 Å². The summed E-state index contributed by atoms with van der Waals surface area (Å²) in [5.74, 6) is -2.23. The molecule has 1 atom stereocenters. The van der Waals surface area contributed by atoms with E-state index in [9.17, 15) is 18.7 Å². The van der Waals surface area contributed by atoms with Crippen LogP contribution < -0.4 is 15.0 Å². The molecule has 3 aliphatic rings. The number of likely N-dealkylation sites (N-methyl/N-ethyl adjacent to an activating group) is 1. The van der Waals surface area contributed by atoms with E-state index in [2.05, 4.69) is 15.3 Å². The van der Waals surface area contributed by atoms with Crippen molar-refractivity contribution < 1.29 is 28.2 Å². The number of hydrogen-bond donors (Lipinski definition) is 2. The normalized spacial score (nSPS) is 23.7. The zero-order valence-electron chi connectivity index (χ0n) is 16.9. The molecule has 0 saturated carbocycles. The van der Waals surface area contributed by atoms with Gasteiger partial charge in [-0.25, -0.2) is 9.97 Å². The second-order valence-corrected chi connectivity index (χ2v) is 8.20. The summed E-state index contributed by atoms with van der Waals surface area (Å²) in [6.45, 7) is 1.41. The van der Waals surface area contributed by atoms with Crippen LogP contribution in [0.1, 0.15) is 23.2 Å². The van der Waals surface area contributed by atoms with Crippen molar-refractivity contribution in [3.8, 4) is 17.0 Å². The smallest absolute Gasteiger partial charge is 0.293 e. The Hall–Kier alpha value is -2.85. The van der Waals surface area contributed by atoms with Gasteiger partial charge in [-0.3, -0.25) is 4.79 Å². The van der Waals surface area contributed by atoms with E-state index in [0.717, 1.165) is 5.56 Å². The molecule has 0 radical (unpaired) electrons. The summed E-state index contributed by atoms with van der Waals surface area (Å²) >= 11 is 0. The van der Waals surface area contributed by atoms with E-state index < -0.39 is 17.6 Å². The van der Waals surface area contributed by atoms with Crippen LogP contribution in [0.25, 0.3) is 11.3 Å². The Morgan fingerprint density at radius 1 is 1.39 bits per heavy atom. The van der Waals surface area contributed by atoms with E-state index in [-0.39, 0.29) is 37.7 Å². The van der Waals surface area contributed by atoms with Crippen molar-refractivity contribution >= 4 is 12.4 Å². The predicted octanol–water partition coefficient (Wildman–Crippen LogP) is 1.34. The van der Waals surface area contributed by atoms with Gasteiger partial charge < -0.3 is 24.8 Å². The molecule has 1 aliphatic carbocycles. The number of β-amino-alcohol motifs (C(OH)–C–C–N with tert-alkyl or cyclic N) is 1. The Bertz CT molecular complexity index is 1040. The largest absolute Gasteiger partial charge is 0.491 e. The molecular weight excluding hydrogens is 410 g/mol. The fourth-order valence-electron chi connectivity index (χ4n) is 4.45. The van der Waals surface area contributed by atoms with Gasteiger partial charge in [-0.1, -0.05) is 12.1 Å². The van der Waals surface area contributed by atoms with E-state index in [1.165, 1.54) is 0 Å². The Morgan fingerprint density at radius 2 is 2.19 bits per heavy atom. The zero-order chi connectivity index (χ0) is 21.8. The molecule has 1 aromatic carbocycles. The number of nitrogens with one attached hydrogen (secondary N) is 1. The molecule has 3 heterocycles. The Morgan fingerprint density at radius 3 is 2.90 bits per heavy atom. The molecular formula is C21H22F2N4O4. The standard InChI is InChI=1S/C21H22F2N4O4/c1-24-20(9-30-11-28)10-31-16-6-12(2-3-15(16)20)17-14-4-5-21(22,23)18(14)26-19(25-17)27-7-13(29)8-27/h2-3,6,11,13,24,29H,4-5,7-10H2,1H3. The summed E-state index contributed by atoms with van der Waals surface area (Å²) in [6.07, 6.45) is -0.618. The SMILES string of the molecule is CNC1(COC=O)COc2cc(-c3nc(N4CC(O)C4)nc4c3CCC4(F)F)ccc21. The van der Waals surface area contributed by atoms with E-state index in [4.69, 9.17) is 9.47 Å². The van der Waals surface area contributed by atoms with Crippen LogP contribution in [0.4, 0.5) is 14.7 Å². The molecule has 1 aromatic heterocycles. The second-order valence-electron chi connectivity index (χ2n) is 8.20. The van der Waals surface area contributed by atoms with E-state index in [1.54, 1.807) is 18.0 Å². The number of aliphatic hydroxyl groups is 1. The topological polar surface area (TPSA) is 96.8 Å². The van der Waals surface area contributed by atoms with Gasteiger partial charge in [0.1, 0.15) is 30.2 Å². The van der Waals surface area contributed by atoms with Crippen LogP contribution in [0, 0.1) is 0 Å². The van der Waals surface area contributed by atoms with Gasteiger partial charge in [-0.15, -0.1) is 0 Å². The summed E-state index contributed by atoms with van der Waals surface area (Å²) in [5.41, 5.74) is 1.46. The number of alkyl halides is 2. The highest BCUT2D eigenvalue weighted by Crippen LogP contribution is 2.46. The van der Waals surface area contributed by atoms with Gasteiger partial charge >= 0.3 is 0 Å². The summed E-state index contributed by atoms with van der Waals surface area (Å²) in [5, 5.41) is 12.8. The van der Waals surface area contributed by atoms with Crippen molar-refractivity contribution in [1.82, 2.24) is 15.3 Å². The molecule has 5 rings (SSSR count). The van der Waals surface area contributed by atoms with Gasteiger partial charge in [0.25, 0.3) is 12.4 Å². The first-order valence-corrected chi connectivity index (χ1v) is 10.1. The fraction of sp³-hybridized carbons (Fsp3) is 0.476. The molecule has 8 nitrogen and oxygen atoms in total. The van der Waals surface area contributed by atoms with Crippen molar-refractivity contribution in [1.29, 1.82) is 0 Å². The Labute approximate surface area is 177 Å². The highest BCUT2D eigenvalue weighted by Gasteiger charge is 2.45. The summed E-state index contributed by atoms with van der Waals surface area (Å²) in [4.78, 5) is 21.1. The Balaban J connectivity index is 1.58. The number of benzene rings is 1. The third kappa shape index (κ3) is 3.12. The second kappa shape index (κ2) is 7.10. The van der Waals surface area contributed by atoms with Gasteiger partial charge in [-0.2, -0.15) is 8.78 Å². The van der Waals surface area contributed by atoms with Crippen LogP contribution in [0.15, 0.2) is 18.2 Å². The van der Waals surface area contributed by atoms with Crippen molar-refractivity contribution in [3.05, 3.63) is 35.0 Å². The number of carbonyl (C=O) groups excluding carboxylic acids is 1. The van der Waals surface area contributed by atoms with Gasteiger partial charge in [0.05, 0.1) is 11.8 Å². The lowest BCUT2D eigenvalue weighted by Crippen LogP contribution is -2.51. The van der Waals surface area contributed by atoms with Gasteiger partial charge in [0.2, 0.25) is 5.95 Å². The van der Waals surface area contributed by atoms with E-state index in [0.29, 0.717) is 42.1 Å². The number of anilines is 1. The maximum absolute atomic E-state index is 14.5. The summed E-state index contributed by atoms with van der Waals surface area (Å²) < 4.78 is 39.9. The molecule has 0 bridgehead atoms. The van der Waals surface area contributed by atoms with Gasteiger partial charge in [0, 0.05) is 36.2 Å². The van der Waals surface area contributed by atoms with Crippen molar-refractivity contribution in [2.24, 2.45) is 0 Å². The molecule has 10 heteroatoms. The first-order chi connectivity index (χ1) is 14.9. The maximum atomic E-state index is 14.5. The van der Waals surface area contributed by atoms with E-state index >= 15 is 0 Å². The van der Waals surface area contributed by atoms with E-state index in [1.807, 2.05) is 12.1 Å². The number of fused-ring (bicyclic) bond motifs is 2. The molecule has 31 heavy (non-hydrogen) atoms. The first-order valence-electron chi connectivity index (χ1n) is 10.1. The maximum Gasteiger partial charge on any atom is 0.293 e. The van der Waals surface area contributed by atoms with Crippen LogP contribution in [-0.4, -0.2) is 61.0 Å². The van der Waals surface area contributed by atoms with Gasteiger partial charge in [-0.05, 0) is 19.5 Å². The number of nitrogens with zero attached hydrogens (tertiary/aromatic N) is 3. The van der Waals surface area contributed by atoms with Crippen LogP contribution >= 0.6 is 0 Å². The minimum atomic E-state index is -3.01. The highest BCUT2D eigenvalue weighted by molar-refractivity contribution is 5.70. The molecule has 2 aromatic rings.